The first-order valence-electron chi connectivity index (χ1n) is 7.96. The van der Waals surface area contributed by atoms with Crippen molar-refractivity contribution in [1.82, 2.24) is 14.5 Å². The predicted octanol–water partition coefficient (Wildman–Crippen LogP) is 2.96. The summed E-state index contributed by atoms with van der Waals surface area (Å²) in [6.45, 7) is 6.27. The molecule has 0 bridgehead atoms. The zero-order valence-corrected chi connectivity index (χ0v) is 13.8. The number of aryl methyl sites for hydroxylation is 1. The molecule has 1 atom stereocenters. The van der Waals surface area contributed by atoms with Crippen LogP contribution in [0.2, 0.25) is 0 Å². The van der Waals surface area contributed by atoms with E-state index in [0.29, 0.717) is 0 Å². The molecule has 0 fully saturated rings. The molecule has 4 heteroatoms. The lowest BCUT2D eigenvalue weighted by Gasteiger charge is -2.16. The van der Waals surface area contributed by atoms with E-state index in [0.717, 1.165) is 43.7 Å². The van der Waals surface area contributed by atoms with Crippen LogP contribution in [0.5, 0.6) is 0 Å². The fraction of sp³-hybridized carbons (Fsp3) is 0.588. The Bertz CT molecular complexity index is 586. The summed E-state index contributed by atoms with van der Waals surface area (Å²) in [4.78, 5) is 7.03. The molecule has 0 saturated carbocycles. The molecule has 2 aromatic rings. The summed E-state index contributed by atoms with van der Waals surface area (Å²) in [6.07, 6.45) is 3.10. The SMILES string of the molecule is CCCC(N)c1nc2cc(CC)ccc2n1CCN(C)C. The van der Waals surface area contributed by atoms with Crippen molar-refractivity contribution in [2.45, 2.75) is 45.7 Å². The Morgan fingerprint density at radius 2 is 2.05 bits per heavy atom. The molecule has 0 radical (unpaired) electrons. The van der Waals surface area contributed by atoms with Crippen LogP contribution in [-0.4, -0.2) is 35.1 Å². The van der Waals surface area contributed by atoms with Gasteiger partial charge in [0.1, 0.15) is 5.82 Å². The van der Waals surface area contributed by atoms with Crippen LogP contribution < -0.4 is 5.73 Å². The second-order valence-electron chi connectivity index (χ2n) is 6.00. The Labute approximate surface area is 128 Å². The molecule has 0 aliphatic carbocycles. The largest absolute Gasteiger partial charge is 0.325 e. The number of aromatic nitrogens is 2. The highest BCUT2D eigenvalue weighted by Crippen LogP contribution is 2.23. The summed E-state index contributed by atoms with van der Waals surface area (Å²) in [5.74, 6) is 1.03. The lowest BCUT2D eigenvalue weighted by atomic mass is 10.1. The highest BCUT2D eigenvalue weighted by atomic mass is 15.1. The zero-order chi connectivity index (χ0) is 15.4. The van der Waals surface area contributed by atoms with Crippen LogP contribution in [0.3, 0.4) is 0 Å². The quantitative estimate of drug-likeness (QED) is 0.852. The maximum Gasteiger partial charge on any atom is 0.126 e. The van der Waals surface area contributed by atoms with E-state index in [4.69, 9.17) is 10.7 Å². The maximum atomic E-state index is 6.35. The molecule has 1 aromatic heterocycles. The van der Waals surface area contributed by atoms with Gasteiger partial charge in [-0.1, -0.05) is 26.3 Å². The summed E-state index contributed by atoms with van der Waals surface area (Å²) >= 11 is 0. The van der Waals surface area contributed by atoms with E-state index in [1.54, 1.807) is 0 Å². The second kappa shape index (κ2) is 7.05. The molecule has 2 rings (SSSR count). The minimum Gasteiger partial charge on any atom is -0.325 e. The van der Waals surface area contributed by atoms with Gasteiger partial charge < -0.3 is 15.2 Å². The van der Waals surface area contributed by atoms with E-state index in [1.165, 1.54) is 11.1 Å². The first-order chi connectivity index (χ1) is 10.1. The van der Waals surface area contributed by atoms with Gasteiger partial charge in [0.25, 0.3) is 0 Å². The number of nitrogens with two attached hydrogens (primary N) is 1. The standard InChI is InChI=1S/C17H28N4/c1-5-7-14(18)17-19-15-12-13(6-2)8-9-16(15)21(17)11-10-20(3)4/h8-9,12,14H,5-7,10-11,18H2,1-4H3. The zero-order valence-electron chi connectivity index (χ0n) is 13.8. The molecular weight excluding hydrogens is 260 g/mol. The van der Waals surface area contributed by atoms with Crippen molar-refractivity contribution in [1.29, 1.82) is 0 Å². The molecule has 116 valence electrons. The van der Waals surface area contributed by atoms with E-state index in [9.17, 15) is 0 Å². The van der Waals surface area contributed by atoms with E-state index in [1.807, 2.05) is 0 Å². The van der Waals surface area contributed by atoms with E-state index >= 15 is 0 Å². The summed E-state index contributed by atoms with van der Waals surface area (Å²) in [6, 6.07) is 6.61. The molecule has 21 heavy (non-hydrogen) atoms. The van der Waals surface area contributed by atoms with E-state index < -0.39 is 0 Å². The molecule has 0 aliphatic rings. The molecule has 0 aliphatic heterocycles. The smallest absolute Gasteiger partial charge is 0.126 e. The number of likely N-dealkylation sites (N-methyl/N-ethyl adjacent to an activating group) is 1. The molecule has 0 saturated heterocycles. The normalized spacial score (nSPS) is 13.2. The Morgan fingerprint density at radius 1 is 1.29 bits per heavy atom. The van der Waals surface area contributed by atoms with Crippen LogP contribution in [-0.2, 0) is 13.0 Å². The third-order valence-corrected chi connectivity index (χ3v) is 3.95. The van der Waals surface area contributed by atoms with Gasteiger partial charge in [-0.15, -0.1) is 0 Å². The van der Waals surface area contributed by atoms with Gasteiger partial charge in [0.05, 0.1) is 17.1 Å². The van der Waals surface area contributed by atoms with Crippen LogP contribution in [0.1, 0.15) is 44.1 Å². The molecule has 2 N–H and O–H groups in total. The summed E-state index contributed by atoms with van der Waals surface area (Å²) in [7, 11) is 4.19. The summed E-state index contributed by atoms with van der Waals surface area (Å²) < 4.78 is 2.30. The van der Waals surface area contributed by atoms with Gasteiger partial charge in [-0.25, -0.2) is 4.98 Å². The van der Waals surface area contributed by atoms with Crippen molar-refractivity contribution >= 4 is 11.0 Å². The van der Waals surface area contributed by atoms with Gasteiger partial charge in [-0.3, -0.25) is 0 Å². The Hall–Kier alpha value is -1.39. The average Bonchev–Trinajstić information content (AvgIpc) is 2.82. The topological polar surface area (TPSA) is 47.1 Å². The number of nitrogens with zero attached hydrogens (tertiary/aromatic N) is 3. The van der Waals surface area contributed by atoms with Crippen molar-refractivity contribution in [3.63, 3.8) is 0 Å². The number of benzene rings is 1. The van der Waals surface area contributed by atoms with Crippen LogP contribution in [0.4, 0.5) is 0 Å². The van der Waals surface area contributed by atoms with Crippen molar-refractivity contribution in [2.24, 2.45) is 5.73 Å². The van der Waals surface area contributed by atoms with Gasteiger partial charge >= 0.3 is 0 Å². The first kappa shape index (κ1) is 16.0. The highest BCUT2D eigenvalue weighted by Gasteiger charge is 2.16. The number of hydrogen-bond acceptors (Lipinski definition) is 3. The first-order valence-corrected chi connectivity index (χ1v) is 7.96. The monoisotopic (exact) mass is 288 g/mol. The number of fused-ring (bicyclic) bond motifs is 1. The van der Waals surface area contributed by atoms with Gasteiger partial charge in [0, 0.05) is 13.1 Å². The summed E-state index contributed by atoms with van der Waals surface area (Å²) in [5.41, 5.74) is 9.96. The number of hydrogen-bond donors (Lipinski definition) is 1. The van der Waals surface area contributed by atoms with Crippen LogP contribution in [0.25, 0.3) is 11.0 Å². The van der Waals surface area contributed by atoms with Gasteiger partial charge in [0.2, 0.25) is 0 Å². The molecule has 4 nitrogen and oxygen atoms in total. The minimum atomic E-state index is 0.0228. The van der Waals surface area contributed by atoms with Crippen molar-refractivity contribution in [2.75, 3.05) is 20.6 Å². The fourth-order valence-corrected chi connectivity index (χ4v) is 2.67. The lowest BCUT2D eigenvalue weighted by Crippen LogP contribution is -2.22. The van der Waals surface area contributed by atoms with Gasteiger partial charge in [-0.2, -0.15) is 0 Å². The number of imidazole rings is 1. The maximum absolute atomic E-state index is 6.35. The molecular formula is C17H28N4. The van der Waals surface area contributed by atoms with Crippen molar-refractivity contribution < 1.29 is 0 Å². The van der Waals surface area contributed by atoms with Crippen molar-refractivity contribution in [3.05, 3.63) is 29.6 Å². The second-order valence-corrected chi connectivity index (χ2v) is 6.00. The molecule has 0 spiro atoms. The average molecular weight is 288 g/mol. The molecule has 1 unspecified atom stereocenters. The minimum absolute atomic E-state index is 0.0228. The number of rotatable bonds is 7. The van der Waals surface area contributed by atoms with Gasteiger partial charge in [0.15, 0.2) is 0 Å². The summed E-state index contributed by atoms with van der Waals surface area (Å²) in [5, 5.41) is 0. The molecule has 1 heterocycles. The van der Waals surface area contributed by atoms with Gasteiger partial charge in [-0.05, 0) is 44.6 Å². The highest BCUT2D eigenvalue weighted by molar-refractivity contribution is 5.77. The third kappa shape index (κ3) is 3.63. The Kier molecular flexibility index (Phi) is 5.37. The van der Waals surface area contributed by atoms with E-state index in [2.05, 4.69) is 55.6 Å². The Balaban J connectivity index is 2.45. The lowest BCUT2D eigenvalue weighted by molar-refractivity contribution is 0.380. The molecule has 0 amide bonds. The van der Waals surface area contributed by atoms with Crippen LogP contribution in [0.15, 0.2) is 18.2 Å². The van der Waals surface area contributed by atoms with Crippen LogP contribution >= 0.6 is 0 Å². The third-order valence-electron chi connectivity index (χ3n) is 3.95. The predicted molar refractivity (Wildman–Crippen MR) is 89.5 cm³/mol. The van der Waals surface area contributed by atoms with Crippen LogP contribution in [0, 0.1) is 0 Å². The fourth-order valence-electron chi connectivity index (χ4n) is 2.67. The van der Waals surface area contributed by atoms with Crippen molar-refractivity contribution in [3.8, 4) is 0 Å². The van der Waals surface area contributed by atoms with E-state index in [-0.39, 0.29) is 6.04 Å². The molecule has 1 aromatic carbocycles. The Morgan fingerprint density at radius 3 is 2.67 bits per heavy atom.